The number of methoxy groups -OCH3 is 2. The van der Waals surface area contributed by atoms with Gasteiger partial charge >= 0.3 is 0 Å². The maximum absolute atomic E-state index is 5.31. The van der Waals surface area contributed by atoms with E-state index < -0.39 is 0 Å². The molecular formula is C20H24N2O2+. The van der Waals surface area contributed by atoms with Gasteiger partial charge in [0.25, 0.3) is 0 Å². The van der Waals surface area contributed by atoms with E-state index in [0.717, 1.165) is 11.5 Å². The number of benzene rings is 2. The quantitative estimate of drug-likeness (QED) is 0.788. The lowest BCUT2D eigenvalue weighted by Gasteiger charge is -2.45. The summed E-state index contributed by atoms with van der Waals surface area (Å²) in [5.74, 6) is 1.80. The first-order valence-electron chi connectivity index (χ1n) is 8.66. The number of rotatable bonds is 4. The third-order valence-electron chi connectivity index (χ3n) is 5.26. The molecular weight excluding hydrogens is 300 g/mol. The van der Waals surface area contributed by atoms with Crippen LogP contribution in [0.15, 0.2) is 48.5 Å². The number of fused-ring (bicyclic) bond motifs is 3. The summed E-state index contributed by atoms with van der Waals surface area (Å²) in [7, 11) is 3.42. The van der Waals surface area contributed by atoms with Gasteiger partial charge in [-0.2, -0.15) is 5.01 Å². The Balaban J connectivity index is 1.70. The van der Waals surface area contributed by atoms with Gasteiger partial charge in [0.05, 0.1) is 25.9 Å². The van der Waals surface area contributed by atoms with Crippen LogP contribution < -0.4 is 19.5 Å². The molecule has 1 saturated carbocycles. The highest BCUT2D eigenvalue weighted by Gasteiger charge is 2.50. The van der Waals surface area contributed by atoms with Gasteiger partial charge in [-0.3, -0.25) is 0 Å². The van der Waals surface area contributed by atoms with Crippen molar-refractivity contribution in [3.8, 4) is 11.5 Å². The number of hydrogen-bond donors (Lipinski definition) is 0. The van der Waals surface area contributed by atoms with E-state index in [0.29, 0.717) is 12.1 Å². The largest absolute Gasteiger partial charge is 0.497 e. The molecule has 2 aromatic rings. The molecule has 3 aliphatic rings. The monoisotopic (exact) mass is 324 g/mol. The predicted molar refractivity (Wildman–Crippen MR) is 96.3 cm³/mol. The maximum atomic E-state index is 5.31. The van der Waals surface area contributed by atoms with Crippen LogP contribution in [0.2, 0.25) is 0 Å². The van der Waals surface area contributed by atoms with Gasteiger partial charge in [0.2, 0.25) is 5.69 Å². The highest BCUT2D eigenvalue weighted by atomic mass is 16.5. The summed E-state index contributed by atoms with van der Waals surface area (Å²) in [5, 5.41) is 4.97. The molecule has 0 N–H and O–H groups in total. The van der Waals surface area contributed by atoms with Crippen LogP contribution in [0.25, 0.3) is 0 Å². The molecule has 0 aromatic heterocycles. The first-order valence-corrected chi connectivity index (χ1v) is 8.66. The summed E-state index contributed by atoms with van der Waals surface area (Å²) in [6.45, 7) is 0. The summed E-state index contributed by atoms with van der Waals surface area (Å²) in [4.78, 5) is 0. The van der Waals surface area contributed by atoms with Crippen LogP contribution in [-0.4, -0.2) is 26.3 Å². The molecule has 2 aromatic carbocycles. The SMILES string of the molecule is COc1ccc(N2C3CCC(CC3)[N+]2c2ccc(OC)cc2)cc1. The smallest absolute Gasteiger partial charge is 0.210 e. The normalized spacial score (nSPS) is 23.3. The van der Waals surface area contributed by atoms with Crippen molar-refractivity contribution < 1.29 is 9.47 Å². The minimum absolute atomic E-state index is 0.575. The van der Waals surface area contributed by atoms with Gasteiger partial charge in [0.1, 0.15) is 11.5 Å². The zero-order valence-corrected chi connectivity index (χ0v) is 14.3. The molecule has 2 saturated heterocycles. The summed E-state index contributed by atoms with van der Waals surface area (Å²) in [6.07, 6.45) is 5.07. The molecule has 24 heavy (non-hydrogen) atoms. The van der Waals surface area contributed by atoms with Crippen LogP contribution in [-0.2, 0) is 0 Å². The van der Waals surface area contributed by atoms with Crippen molar-refractivity contribution in [3.05, 3.63) is 48.5 Å². The van der Waals surface area contributed by atoms with Crippen LogP contribution in [0.4, 0.5) is 11.4 Å². The third kappa shape index (κ3) is 2.61. The second-order valence-electron chi connectivity index (χ2n) is 6.55. The Labute approximate surface area is 143 Å². The van der Waals surface area contributed by atoms with Crippen LogP contribution >= 0.6 is 0 Å². The Hall–Kier alpha value is -2.20. The second-order valence-corrected chi connectivity index (χ2v) is 6.55. The van der Waals surface area contributed by atoms with Gasteiger partial charge in [-0.15, -0.1) is 0 Å². The van der Waals surface area contributed by atoms with E-state index in [2.05, 4.69) is 34.3 Å². The lowest BCUT2D eigenvalue weighted by molar-refractivity contribution is 0.180. The van der Waals surface area contributed by atoms with Gasteiger partial charge in [-0.25, -0.2) is 0 Å². The van der Waals surface area contributed by atoms with Gasteiger partial charge in [-0.1, -0.05) is 0 Å². The lowest BCUT2D eigenvalue weighted by Crippen LogP contribution is -2.63. The van der Waals surface area contributed by atoms with Crippen molar-refractivity contribution >= 4 is 11.4 Å². The number of ether oxygens (including phenoxy) is 2. The molecule has 0 amide bonds. The van der Waals surface area contributed by atoms with E-state index in [9.17, 15) is 0 Å². The number of hydrogen-bond acceptors (Lipinski definition) is 4. The lowest BCUT2D eigenvalue weighted by atomic mass is 9.86. The highest BCUT2D eigenvalue weighted by Crippen LogP contribution is 2.41. The highest BCUT2D eigenvalue weighted by molar-refractivity contribution is 5.56. The van der Waals surface area contributed by atoms with Gasteiger partial charge < -0.3 is 9.47 Å². The maximum Gasteiger partial charge on any atom is 0.210 e. The average Bonchev–Trinajstić information content (AvgIpc) is 2.68. The molecule has 125 valence electrons. The van der Waals surface area contributed by atoms with Crippen LogP contribution in [0.1, 0.15) is 25.7 Å². The van der Waals surface area contributed by atoms with E-state index in [-0.39, 0.29) is 0 Å². The first-order chi connectivity index (χ1) is 11.8. The summed E-state index contributed by atoms with van der Waals surface area (Å²) < 4.78 is 10.6. The summed E-state index contributed by atoms with van der Waals surface area (Å²) in [6, 6.07) is 18.0. The molecule has 0 atom stereocenters. The topological polar surface area (TPSA) is 27.6 Å². The number of hydrazine groups is 1. The van der Waals surface area contributed by atoms with Crippen molar-refractivity contribution in [3.63, 3.8) is 0 Å². The third-order valence-corrected chi connectivity index (χ3v) is 5.26. The molecule has 0 spiro atoms. The van der Waals surface area contributed by atoms with Crippen molar-refractivity contribution in [1.29, 1.82) is 0 Å². The van der Waals surface area contributed by atoms with Crippen molar-refractivity contribution in [2.24, 2.45) is 0 Å². The molecule has 3 fully saturated rings. The molecule has 1 aliphatic carbocycles. The molecule has 0 unspecified atom stereocenters. The average molecular weight is 324 g/mol. The fourth-order valence-corrected chi connectivity index (χ4v) is 4.04. The Morgan fingerprint density at radius 1 is 0.792 bits per heavy atom. The molecule has 4 nitrogen and oxygen atoms in total. The number of anilines is 2. The molecule has 5 rings (SSSR count). The van der Waals surface area contributed by atoms with E-state index in [1.165, 1.54) is 37.1 Å². The van der Waals surface area contributed by atoms with Gasteiger partial charge in [0, 0.05) is 25.0 Å². The Kier molecular flexibility index (Phi) is 4.07. The molecule has 2 bridgehead atoms. The molecule has 4 heteroatoms. The van der Waals surface area contributed by atoms with Crippen LogP contribution in [0, 0.1) is 0 Å². The van der Waals surface area contributed by atoms with E-state index >= 15 is 0 Å². The zero-order chi connectivity index (χ0) is 16.5. The van der Waals surface area contributed by atoms with Crippen molar-refractivity contribution in [2.45, 2.75) is 37.8 Å². The van der Waals surface area contributed by atoms with Crippen molar-refractivity contribution in [1.82, 2.24) is 5.01 Å². The predicted octanol–water partition coefficient (Wildman–Crippen LogP) is 4.22. The molecule has 2 heterocycles. The zero-order valence-electron chi connectivity index (χ0n) is 14.3. The van der Waals surface area contributed by atoms with E-state index in [4.69, 9.17) is 9.47 Å². The fraction of sp³-hybridized carbons (Fsp3) is 0.400. The van der Waals surface area contributed by atoms with Crippen LogP contribution in [0.5, 0.6) is 11.5 Å². The van der Waals surface area contributed by atoms with Crippen LogP contribution in [0.3, 0.4) is 0 Å². The van der Waals surface area contributed by atoms with E-state index in [1.54, 1.807) is 14.2 Å². The first kappa shape index (κ1) is 15.3. The Bertz CT molecular complexity index is 614. The second kappa shape index (κ2) is 6.36. The summed E-state index contributed by atoms with van der Waals surface area (Å²) >= 11 is 0. The summed E-state index contributed by atoms with van der Waals surface area (Å²) in [5.41, 5.74) is 2.47. The van der Waals surface area contributed by atoms with E-state index in [1.807, 2.05) is 24.3 Å². The van der Waals surface area contributed by atoms with Gasteiger partial charge in [0.15, 0.2) is 6.04 Å². The Morgan fingerprint density at radius 2 is 1.33 bits per heavy atom. The fourth-order valence-electron chi connectivity index (χ4n) is 4.04. The Morgan fingerprint density at radius 3 is 1.88 bits per heavy atom. The molecule has 1 radical (unpaired) electrons. The minimum Gasteiger partial charge on any atom is -0.497 e. The molecule has 2 aliphatic heterocycles. The number of nitrogens with zero attached hydrogens (tertiary/aromatic N) is 2. The standard InChI is InChI=1S/C20H24N2O2/c1-23-19-11-7-17(8-12-19)21-15-3-5-16(6-4-15)22(21)18-9-13-20(24-2)14-10-18/h7-16H,3-6H2,1-2H3/q+1. The minimum atomic E-state index is 0.575. The van der Waals surface area contributed by atoms with Crippen molar-refractivity contribution in [2.75, 3.05) is 19.2 Å². The van der Waals surface area contributed by atoms with Gasteiger partial charge in [-0.05, 0) is 54.2 Å².